The fourth-order valence-electron chi connectivity index (χ4n) is 2.06. The first kappa shape index (κ1) is 13.7. The highest BCUT2D eigenvalue weighted by Crippen LogP contribution is 2.32. The van der Waals surface area contributed by atoms with Gasteiger partial charge in [0.1, 0.15) is 11.9 Å². The Bertz CT molecular complexity index is 383. The van der Waals surface area contributed by atoms with E-state index in [1.807, 2.05) is 31.2 Å². The molecule has 1 fully saturated rings. The van der Waals surface area contributed by atoms with E-state index in [1.165, 1.54) is 0 Å². The molecule has 0 radical (unpaired) electrons. The first-order valence-electron chi connectivity index (χ1n) is 6.24. The van der Waals surface area contributed by atoms with Crippen LogP contribution in [0.3, 0.4) is 0 Å². The van der Waals surface area contributed by atoms with Crippen molar-refractivity contribution in [2.75, 3.05) is 13.7 Å². The molecule has 1 saturated carbocycles. The normalized spacial score (nSPS) is 26.7. The van der Waals surface area contributed by atoms with Crippen molar-refractivity contribution in [3.8, 4) is 5.75 Å². The molecule has 1 aromatic rings. The molecule has 100 valence electrons. The van der Waals surface area contributed by atoms with Gasteiger partial charge in [-0.25, -0.2) is 0 Å². The van der Waals surface area contributed by atoms with Gasteiger partial charge in [-0.2, -0.15) is 0 Å². The largest absolute Gasteiger partial charge is 0.497 e. The highest BCUT2D eigenvalue weighted by atomic mass is 35.5. The Morgan fingerprint density at radius 1 is 1.33 bits per heavy atom. The summed E-state index contributed by atoms with van der Waals surface area (Å²) in [6.07, 6.45) is 0.997. The summed E-state index contributed by atoms with van der Waals surface area (Å²) in [6.45, 7) is 3.21. The van der Waals surface area contributed by atoms with Crippen LogP contribution in [0.2, 0.25) is 0 Å². The summed E-state index contributed by atoms with van der Waals surface area (Å²) in [6, 6.07) is 7.88. The highest BCUT2D eigenvalue weighted by molar-refractivity contribution is 6.21. The molecule has 3 unspecified atom stereocenters. The van der Waals surface area contributed by atoms with Crippen LogP contribution in [-0.4, -0.2) is 31.3 Å². The molecule has 3 nitrogen and oxygen atoms in total. The third-order valence-corrected chi connectivity index (χ3v) is 3.56. The summed E-state index contributed by atoms with van der Waals surface area (Å²) in [5, 5.41) is 0.0836. The number of halogens is 1. The molecule has 0 aromatic heterocycles. The van der Waals surface area contributed by atoms with Gasteiger partial charge in [-0.15, -0.1) is 11.6 Å². The van der Waals surface area contributed by atoms with E-state index in [0.717, 1.165) is 17.7 Å². The fourth-order valence-corrected chi connectivity index (χ4v) is 2.47. The molecule has 3 atom stereocenters. The zero-order valence-electron chi connectivity index (χ0n) is 10.8. The molecule has 0 heterocycles. The van der Waals surface area contributed by atoms with Crippen LogP contribution in [0.25, 0.3) is 0 Å². The number of hydrogen-bond acceptors (Lipinski definition) is 3. The van der Waals surface area contributed by atoms with Gasteiger partial charge in [0.05, 0.1) is 25.2 Å². The molecule has 0 aliphatic heterocycles. The van der Waals surface area contributed by atoms with Gasteiger partial charge in [-0.1, -0.05) is 12.1 Å². The lowest BCUT2D eigenvalue weighted by Crippen LogP contribution is -2.50. The summed E-state index contributed by atoms with van der Waals surface area (Å²) in [4.78, 5) is 0. The second kappa shape index (κ2) is 6.41. The average Bonchev–Trinajstić information content (AvgIpc) is 2.41. The van der Waals surface area contributed by atoms with Crippen LogP contribution in [0.4, 0.5) is 0 Å². The third kappa shape index (κ3) is 3.16. The molecule has 0 N–H and O–H groups in total. The van der Waals surface area contributed by atoms with E-state index in [9.17, 15) is 0 Å². The van der Waals surface area contributed by atoms with E-state index >= 15 is 0 Å². The Morgan fingerprint density at radius 2 is 2.17 bits per heavy atom. The molecule has 1 aliphatic carbocycles. The van der Waals surface area contributed by atoms with Crippen LogP contribution in [0.15, 0.2) is 24.3 Å². The maximum absolute atomic E-state index is 6.09. The topological polar surface area (TPSA) is 27.7 Å². The first-order chi connectivity index (χ1) is 8.74. The predicted molar refractivity (Wildman–Crippen MR) is 71.2 cm³/mol. The van der Waals surface area contributed by atoms with Crippen LogP contribution in [0, 0.1) is 0 Å². The van der Waals surface area contributed by atoms with Gasteiger partial charge in [-0.05, 0) is 31.0 Å². The van der Waals surface area contributed by atoms with Crippen molar-refractivity contribution in [1.29, 1.82) is 0 Å². The van der Waals surface area contributed by atoms with Crippen molar-refractivity contribution in [2.24, 2.45) is 0 Å². The Kier molecular flexibility index (Phi) is 4.87. The van der Waals surface area contributed by atoms with Crippen molar-refractivity contribution in [2.45, 2.75) is 37.5 Å². The quantitative estimate of drug-likeness (QED) is 0.744. The van der Waals surface area contributed by atoms with Crippen LogP contribution < -0.4 is 4.74 Å². The summed E-state index contributed by atoms with van der Waals surface area (Å²) >= 11 is 6.09. The molecule has 0 saturated heterocycles. The lowest BCUT2D eigenvalue weighted by atomic mass is 9.91. The Labute approximate surface area is 113 Å². The SMILES string of the molecule is CCOC1C(Cl)CC1OCc1cccc(OC)c1. The van der Waals surface area contributed by atoms with Crippen molar-refractivity contribution in [3.05, 3.63) is 29.8 Å². The van der Waals surface area contributed by atoms with Crippen LogP contribution in [0.1, 0.15) is 18.9 Å². The third-order valence-electron chi connectivity index (χ3n) is 3.14. The molecule has 1 aliphatic rings. The summed E-state index contributed by atoms with van der Waals surface area (Å²) in [7, 11) is 1.66. The highest BCUT2D eigenvalue weighted by Gasteiger charge is 2.41. The smallest absolute Gasteiger partial charge is 0.119 e. The molecule has 0 bridgehead atoms. The van der Waals surface area contributed by atoms with Gasteiger partial charge < -0.3 is 14.2 Å². The van der Waals surface area contributed by atoms with E-state index < -0.39 is 0 Å². The predicted octanol–water partition coefficient (Wildman–Crippen LogP) is 3.00. The van der Waals surface area contributed by atoms with Gasteiger partial charge in [0.15, 0.2) is 0 Å². The molecule has 0 amide bonds. The number of methoxy groups -OCH3 is 1. The fraction of sp³-hybridized carbons (Fsp3) is 0.571. The van der Waals surface area contributed by atoms with Gasteiger partial charge in [0.2, 0.25) is 0 Å². The minimum absolute atomic E-state index is 0.0299. The van der Waals surface area contributed by atoms with E-state index in [4.69, 9.17) is 25.8 Å². The number of rotatable bonds is 6. The number of hydrogen-bond donors (Lipinski definition) is 0. The minimum Gasteiger partial charge on any atom is -0.497 e. The van der Waals surface area contributed by atoms with Gasteiger partial charge in [0.25, 0.3) is 0 Å². The van der Waals surface area contributed by atoms with E-state index in [0.29, 0.717) is 13.2 Å². The second-order valence-electron chi connectivity index (χ2n) is 4.37. The van der Waals surface area contributed by atoms with Crippen molar-refractivity contribution < 1.29 is 14.2 Å². The molecule has 0 spiro atoms. The zero-order valence-corrected chi connectivity index (χ0v) is 11.5. The van der Waals surface area contributed by atoms with Crippen LogP contribution in [-0.2, 0) is 16.1 Å². The second-order valence-corrected chi connectivity index (χ2v) is 4.93. The number of alkyl halides is 1. The van der Waals surface area contributed by atoms with E-state index in [-0.39, 0.29) is 17.6 Å². The van der Waals surface area contributed by atoms with Crippen molar-refractivity contribution >= 4 is 11.6 Å². The first-order valence-corrected chi connectivity index (χ1v) is 6.68. The maximum atomic E-state index is 6.09. The Hall–Kier alpha value is -0.770. The van der Waals surface area contributed by atoms with E-state index in [2.05, 4.69) is 0 Å². The lowest BCUT2D eigenvalue weighted by Gasteiger charge is -2.40. The summed E-state index contributed by atoms with van der Waals surface area (Å²) in [5.74, 6) is 0.848. The van der Waals surface area contributed by atoms with Gasteiger partial charge in [-0.3, -0.25) is 0 Å². The molecular formula is C14H19ClO3. The molecule has 4 heteroatoms. The molecule has 1 aromatic carbocycles. The Morgan fingerprint density at radius 3 is 2.83 bits per heavy atom. The van der Waals surface area contributed by atoms with Crippen molar-refractivity contribution in [1.82, 2.24) is 0 Å². The standard InChI is InChI=1S/C14H19ClO3/c1-3-17-14-12(15)8-13(14)18-9-10-5-4-6-11(7-10)16-2/h4-7,12-14H,3,8-9H2,1-2H3. The lowest BCUT2D eigenvalue weighted by molar-refractivity contribution is -0.127. The van der Waals surface area contributed by atoms with E-state index in [1.54, 1.807) is 7.11 Å². The monoisotopic (exact) mass is 270 g/mol. The number of ether oxygens (including phenoxy) is 3. The van der Waals surface area contributed by atoms with Crippen molar-refractivity contribution in [3.63, 3.8) is 0 Å². The van der Waals surface area contributed by atoms with Crippen LogP contribution >= 0.6 is 11.6 Å². The minimum atomic E-state index is 0.0299. The molecule has 2 rings (SSSR count). The molecule has 18 heavy (non-hydrogen) atoms. The number of benzene rings is 1. The Balaban J connectivity index is 1.84. The average molecular weight is 271 g/mol. The van der Waals surface area contributed by atoms with Gasteiger partial charge in [0, 0.05) is 6.61 Å². The summed E-state index contributed by atoms with van der Waals surface area (Å²) < 4.78 is 16.6. The maximum Gasteiger partial charge on any atom is 0.119 e. The van der Waals surface area contributed by atoms with Crippen LogP contribution in [0.5, 0.6) is 5.75 Å². The zero-order chi connectivity index (χ0) is 13.0. The summed E-state index contributed by atoms with van der Waals surface area (Å²) in [5.41, 5.74) is 1.10. The molecular weight excluding hydrogens is 252 g/mol. The van der Waals surface area contributed by atoms with Gasteiger partial charge >= 0.3 is 0 Å².